The molecule has 0 radical (unpaired) electrons. The van der Waals surface area contributed by atoms with Crippen LogP contribution >= 0.6 is 29.9 Å². The minimum atomic E-state index is -2.56. The number of hydrogen-bond acceptors (Lipinski definition) is 3. The second kappa shape index (κ2) is 22.1. The Morgan fingerprint density at radius 2 is 0.854 bits per heavy atom. The molecule has 2 aliphatic carbocycles. The molecule has 13 rings (SSSR count). The molecule has 0 spiro atoms. The molecule has 2 aromatic heterocycles. The Morgan fingerprint density at radius 1 is 0.476 bits per heavy atom. The summed E-state index contributed by atoms with van der Waals surface area (Å²) >= 11 is 5.69. The van der Waals surface area contributed by atoms with Crippen LogP contribution in [0.1, 0.15) is 90.4 Å². The minimum absolute atomic E-state index is 0.559. The van der Waals surface area contributed by atoms with Gasteiger partial charge in [0, 0.05) is 9.75 Å². The zero-order valence-corrected chi connectivity index (χ0v) is 52.2. The molecule has 0 bridgehead atoms. The van der Waals surface area contributed by atoms with E-state index in [2.05, 4.69) is 295 Å². The molecule has 82 heavy (non-hydrogen) atoms. The molecule has 1 nitrogen and oxygen atoms in total. The van der Waals surface area contributed by atoms with Gasteiger partial charge in [-0.1, -0.05) is 76.9 Å². The van der Waals surface area contributed by atoms with Crippen LogP contribution in [-0.2, 0) is 33.5 Å². The van der Waals surface area contributed by atoms with Crippen molar-refractivity contribution < 1.29 is 22.7 Å². The third-order valence-corrected chi connectivity index (χ3v) is 24.9. The van der Waals surface area contributed by atoms with Gasteiger partial charge >= 0.3 is 345 Å². The first-order chi connectivity index (χ1) is 40.1. The summed E-state index contributed by atoms with van der Waals surface area (Å²) in [6.45, 7) is 14.2. The normalized spacial score (nSPS) is 16.1. The zero-order valence-electron chi connectivity index (χ0n) is 47.1. The number of fused-ring (bicyclic) bond motifs is 6. The molecule has 0 atom stereocenters. The van der Waals surface area contributed by atoms with Crippen LogP contribution in [0.3, 0.4) is 0 Å². The Kier molecular flexibility index (Phi) is 14.5. The van der Waals surface area contributed by atoms with E-state index in [0.717, 1.165) is 5.57 Å². The first kappa shape index (κ1) is 53.9. The average Bonchev–Trinajstić information content (AvgIpc) is 2.96. The van der Waals surface area contributed by atoms with E-state index in [1.165, 1.54) is 130 Å². The van der Waals surface area contributed by atoms with Gasteiger partial charge < -0.3 is 0 Å². The van der Waals surface area contributed by atoms with Crippen LogP contribution in [0.2, 0.25) is 0 Å². The molecule has 3 heterocycles. The van der Waals surface area contributed by atoms with Crippen LogP contribution < -0.4 is 15.9 Å². The van der Waals surface area contributed by atoms with Crippen LogP contribution in [0.15, 0.2) is 259 Å². The summed E-state index contributed by atoms with van der Waals surface area (Å²) < 4.78 is 10.2. The van der Waals surface area contributed by atoms with Gasteiger partial charge in [-0.2, -0.15) is 0 Å². The second-order valence-corrected chi connectivity index (χ2v) is 28.2. The van der Waals surface area contributed by atoms with Gasteiger partial charge in [-0.15, -0.1) is 11.3 Å². The Bertz CT molecular complexity index is 4070. The fourth-order valence-electron chi connectivity index (χ4n) is 13.3. The van der Waals surface area contributed by atoms with Crippen LogP contribution in [0, 0.1) is 32.1 Å². The van der Waals surface area contributed by atoms with E-state index in [9.17, 15) is 0 Å². The van der Waals surface area contributed by atoms with Crippen molar-refractivity contribution in [2.75, 3.05) is 13.2 Å². The SMILES string of the molecule is CC=C1COCC1=CC(/C=C/c1cc2c(s1)-c1cc3c(cc1C2(c1ccc(C)cc1)c1ccc(C)cc1)-c1sc(/C=C/C)cc1C3(c1ccc(C)cc1)c1ccc(C)cc1)=C([C]#[Os])[P+](c1ccccc1)(c1ccccc1)c1ccccc1. The number of ether oxygens (including phenoxy) is 1. The predicted octanol–water partition coefficient (Wildman–Crippen LogP) is 18.5. The van der Waals surface area contributed by atoms with Crippen LogP contribution in [-0.4, -0.2) is 13.2 Å². The molecule has 5 heteroatoms. The summed E-state index contributed by atoms with van der Waals surface area (Å²) in [7, 11) is -2.56. The molecule has 0 N–H and O–H groups in total. The number of rotatable bonds is 12. The van der Waals surface area contributed by atoms with Crippen molar-refractivity contribution in [1.29, 1.82) is 0 Å². The van der Waals surface area contributed by atoms with Gasteiger partial charge in [0.15, 0.2) is 0 Å². The van der Waals surface area contributed by atoms with Gasteiger partial charge in [0.2, 0.25) is 0 Å². The van der Waals surface area contributed by atoms with E-state index in [-0.39, 0.29) is 0 Å². The van der Waals surface area contributed by atoms with E-state index >= 15 is 0 Å². The first-order valence-corrected chi connectivity index (χ1v) is 33.0. The van der Waals surface area contributed by atoms with Crippen molar-refractivity contribution in [3.05, 3.63) is 335 Å². The van der Waals surface area contributed by atoms with Crippen LogP contribution in [0.5, 0.6) is 0 Å². The summed E-state index contributed by atoms with van der Waals surface area (Å²) in [5.74, 6) is 0. The van der Waals surface area contributed by atoms with Gasteiger partial charge in [0.25, 0.3) is 0 Å². The first-order valence-electron chi connectivity index (χ1n) is 28.3. The summed E-state index contributed by atoms with van der Waals surface area (Å²) in [6, 6.07) is 81.4. The number of hydrogen-bond donors (Lipinski definition) is 0. The monoisotopic (exact) mass is 1290 g/mol. The molecular weight excluding hydrogens is 1230 g/mol. The van der Waals surface area contributed by atoms with Crippen molar-refractivity contribution in [3.8, 4) is 25.3 Å². The molecule has 0 amide bonds. The third-order valence-electron chi connectivity index (χ3n) is 17.2. The number of benzene rings is 8. The average molecular weight is 1290 g/mol. The second-order valence-electron chi connectivity index (χ2n) is 22.1. The zero-order chi connectivity index (χ0) is 56.2. The summed E-state index contributed by atoms with van der Waals surface area (Å²) in [6.07, 6.45) is 13.9. The van der Waals surface area contributed by atoms with Crippen LogP contribution in [0.25, 0.3) is 33.0 Å². The van der Waals surface area contributed by atoms with E-state index in [1.54, 1.807) is 0 Å². The van der Waals surface area contributed by atoms with Crippen LogP contribution in [0.4, 0.5) is 0 Å². The van der Waals surface area contributed by atoms with Gasteiger partial charge in [-0.3, -0.25) is 0 Å². The maximum absolute atomic E-state index is 6.23. The summed E-state index contributed by atoms with van der Waals surface area (Å²) in [4.78, 5) is 5.12. The fourth-order valence-corrected chi connectivity index (χ4v) is 21.5. The molecule has 10 aromatic rings. The van der Waals surface area contributed by atoms with Gasteiger partial charge in [-0.25, -0.2) is 0 Å². The summed E-state index contributed by atoms with van der Waals surface area (Å²) in [5.41, 5.74) is 20.4. The van der Waals surface area contributed by atoms with Crippen molar-refractivity contribution in [1.82, 2.24) is 0 Å². The predicted molar refractivity (Wildman–Crippen MR) is 348 cm³/mol. The Labute approximate surface area is 502 Å². The molecule has 0 unspecified atom stereocenters. The van der Waals surface area contributed by atoms with Gasteiger partial charge in [0.05, 0.1) is 0 Å². The van der Waals surface area contributed by atoms with E-state index in [4.69, 9.17) is 4.74 Å². The van der Waals surface area contributed by atoms with Crippen molar-refractivity contribution in [3.63, 3.8) is 0 Å². The molecule has 1 saturated heterocycles. The molecule has 0 saturated carbocycles. The quantitative estimate of drug-likeness (QED) is 0.0875. The van der Waals surface area contributed by atoms with E-state index in [0.29, 0.717) is 13.2 Å². The standard InChI is InChI=1S/C77H63OPS2.Os/c1-8-19-66-45-72-74(80-66)68-47-71-69(48-70(68)76(72,59-35-26-51(3)27-36-59)60-37-28-52(4)29-38-60)75-73(77(71,61-39-30-53(5)31-40-61)62-41-32-54(6)33-42-62)46-67(81-75)43-34-57(44-58-50-78-49-56(58)9-2)55(7)79(63-20-13-10-14-21-63,64-22-15-11-16-23-64)65-24-17-12-18-25-65;/h8-48H,49-50H2,1-6H3;/q+1;/b19-8+,43-34+,56-9?,57-55?,58-44?;. The van der Waals surface area contributed by atoms with Crippen molar-refractivity contribution >= 4 is 58.0 Å². The fraction of sp³-hybridized carbons (Fsp3) is 0.130. The van der Waals surface area contributed by atoms with E-state index in [1.807, 2.05) is 40.6 Å². The third kappa shape index (κ3) is 8.74. The van der Waals surface area contributed by atoms with Crippen molar-refractivity contribution in [2.45, 2.75) is 52.4 Å². The molecular formula is C77H63OOsPS2+. The number of allylic oxidation sites excluding steroid dienone is 6. The number of aryl methyl sites for hydroxylation is 4. The molecule has 8 aromatic carbocycles. The number of thiophene rings is 2. The maximum atomic E-state index is 6.23. The Balaban J connectivity index is 1.11. The molecule has 3 aliphatic rings. The topological polar surface area (TPSA) is 9.23 Å². The molecule has 1 aliphatic heterocycles. The van der Waals surface area contributed by atoms with Crippen molar-refractivity contribution in [2.24, 2.45) is 0 Å². The molecule has 1 fully saturated rings. The Hall–Kier alpha value is -7.33. The van der Waals surface area contributed by atoms with Gasteiger partial charge in [-0.05, 0) is 63.5 Å². The van der Waals surface area contributed by atoms with E-state index < -0.39 is 18.1 Å². The van der Waals surface area contributed by atoms with Gasteiger partial charge in [0.1, 0.15) is 0 Å². The summed E-state index contributed by atoms with van der Waals surface area (Å²) in [5, 5.41) is 5.08. The Morgan fingerprint density at radius 3 is 1.22 bits per heavy atom. The molecule has 401 valence electrons.